The predicted molar refractivity (Wildman–Crippen MR) is 69.1 cm³/mol. The summed E-state index contributed by atoms with van der Waals surface area (Å²) in [6, 6.07) is 1.69. The molecule has 6 heteroatoms. The minimum Gasteiger partial charge on any atom is -0.387 e. The highest BCUT2D eigenvalue weighted by Gasteiger charge is 2.42. The van der Waals surface area contributed by atoms with Crippen LogP contribution in [0.25, 0.3) is 0 Å². The Morgan fingerprint density at radius 3 is 2.84 bits per heavy atom. The Kier molecular flexibility index (Phi) is 4.86. The van der Waals surface area contributed by atoms with Gasteiger partial charge in [-0.1, -0.05) is 6.42 Å². The van der Waals surface area contributed by atoms with Crippen molar-refractivity contribution >= 4 is 11.3 Å². The molecule has 0 aromatic carbocycles. The number of hydrogen-bond donors (Lipinski definition) is 2. The molecular formula is C13H18F3NOS. The van der Waals surface area contributed by atoms with E-state index in [1.807, 2.05) is 16.8 Å². The van der Waals surface area contributed by atoms with Gasteiger partial charge in [0, 0.05) is 12.6 Å². The standard InChI is InChI=1S/C13H18F3NOS/c14-13(15,16)10-2-1-3-11(6-10)17-7-12(18)9-4-5-19-8-9/h4-5,8,10-12,17-18H,1-3,6-7H2. The van der Waals surface area contributed by atoms with Gasteiger partial charge in [-0.15, -0.1) is 0 Å². The van der Waals surface area contributed by atoms with Gasteiger partial charge < -0.3 is 10.4 Å². The maximum Gasteiger partial charge on any atom is 0.391 e. The van der Waals surface area contributed by atoms with Crippen LogP contribution in [0.1, 0.15) is 37.4 Å². The Labute approximate surface area is 114 Å². The van der Waals surface area contributed by atoms with E-state index in [4.69, 9.17) is 0 Å². The number of hydrogen-bond acceptors (Lipinski definition) is 3. The zero-order valence-corrected chi connectivity index (χ0v) is 11.3. The fraction of sp³-hybridized carbons (Fsp3) is 0.692. The summed E-state index contributed by atoms with van der Waals surface area (Å²) in [4.78, 5) is 0. The van der Waals surface area contributed by atoms with Gasteiger partial charge in [0.15, 0.2) is 0 Å². The van der Waals surface area contributed by atoms with Crippen molar-refractivity contribution in [2.24, 2.45) is 5.92 Å². The van der Waals surface area contributed by atoms with Gasteiger partial charge in [0.05, 0.1) is 12.0 Å². The van der Waals surface area contributed by atoms with Crippen molar-refractivity contribution in [3.8, 4) is 0 Å². The second-order valence-electron chi connectivity index (χ2n) is 5.08. The molecule has 1 saturated carbocycles. The molecule has 3 unspecified atom stereocenters. The second-order valence-corrected chi connectivity index (χ2v) is 5.86. The van der Waals surface area contributed by atoms with Crippen molar-refractivity contribution in [2.45, 2.75) is 44.0 Å². The van der Waals surface area contributed by atoms with Crippen LogP contribution in [0.3, 0.4) is 0 Å². The minimum absolute atomic E-state index is 0.125. The lowest BCUT2D eigenvalue weighted by atomic mass is 9.85. The molecular weight excluding hydrogens is 275 g/mol. The number of rotatable bonds is 4. The van der Waals surface area contributed by atoms with E-state index in [0.29, 0.717) is 13.0 Å². The van der Waals surface area contributed by atoms with Crippen LogP contribution in [-0.4, -0.2) is 23.9 Å². The van der Waals surface area contributed by atoms with E-state index in [9.17, 15) is 18.3 Å². The first-order valence-electron chi connectivity index (χ1n) is 6.47. The summed E-state index contributed by atoms with van der Waals surface area (Å²) in [5.74, 6) is -1.20. The molecule has 1 aromatic heterocycles. The monoisotopic (exact) mass is 293 g/mol. The number of halogens is 3. The second kappa shape index (κ2) is 6.24. The van der Waals surface area contributed by atoms with Crippen LogP contribution in [0.5, 0.6) is 0 Å². The first kappa shape index (κ1) is 14.8. The number of thiophene rings is 1. The molecule has 2 N–H and O–H groups in total. The summed E-state index contributed by atoms with van der Waals surface area (Å²) in [5.41, 5.74) is 0.820. The van der Waals surface area contributed by atoms with Crippen LogP contribution >= 0.6 is 11.3 Å². The summed E-state index contributed by atoms with van der Waals surface area (Å²) in [5, 5.41) is 16.7. The highest BCUT2D eigenvalue weighted by Crippen LogP contribution is 2.37. The third-order valence-electron chi connectivity index (χ3n) is 3.66. The van der Waals surface area contributed by atoms with E-state index in [1.54, 1.807) is 0 Å². The maximum absolute atomic E-state index is 12.7. The SMILES string of the molecule is OC(CNC1CCCC(C(F)(F)F)C1)c1ccsc1. The van der Waals surface area contributed by atoms with Crippen molar-refractivity contribution in [1.29, 1.82) is 0 Å². The van der Waals surface area contributed by atoms with Gasteiger partial charge in [-0.05, 0) is 41.7 Å². The zero-order chi connectivity index (χ0) is 13.9. The Morgan fingerprint density at radius 1 is 1.42 bits per heavy atom. The number of nitrogens with one attached hydrogen (secondary N) is 1. The minimum atomic E-state index is -4.09. The highest BCUT2D eigenvalue weighted by molar-refractivity contribution is 7.07. The van der Waals surface area contributed by atoms with Gasteiger partial charge in [0.2, 0.25) is 0 Å². The van der Waals surface area contributed by atoms with Gasteiger partial charge >= 0.3 is 6.18 Å². The average Bonchev–Trinajstić information content (AvgIpc) is 2.89. The van der Waals surface area contributed by atoms with Gasteiger partial charge in [0.25, 0.3) is 0 Å². The van der Waals surface area contributed by atoms with E-state index in [0.717, 1.165) is 12.0 Å². The molecule has 2 rings (SSSR count). The predicted octanol–water partition coefficient (Wildman–Crippen LogP) is 3.49. The van der Waals surface area contributed by atoms with Gasteiger partial charge in [-0.3, -0.25) is 0 Å². The number of alkyl halides is 3. The molecule has 1 aliphatic rings. The first-order chi connectivity index (χ1) is 8.97. The highest BCUT2D eigenvalue weighted by atomic mass is 32.1. The van der Waals surface area contributed by atoms with E-state index >= 15 is 0 Å². The molecule has 0 bridgehead atoms. The fourth-order valence-electron chi connectivity index (χ4n) is 2.53. The van der Waals surface area contributed by atoms with Crippen molar-refractivity contribution in [2.75, 3.05) is 6.54 Å². The van der Waals surface area contributed by atoms with Crippen molar-refractivity contribution in [3.05, 3.63) is 22.4 Å². The molecule has 0 aliphatic heterocycles. The lowest BCUT2D eigenvalue weighted by molar-refractivity contribution is -0.183. The first-order valence-corrected chi connectivity index (χ1v) is 7.41. The molecule has 0 saturated heterocycles. The van der Waals surface area contributed by atoms with Gasteiger partial charge in [-0.25, -0.2) is 0 Å². The summed E-state index contributed by atoms with van der Waals surface area (Å²) >= 11 is 1.50. The summed E-state index contributed by atoms with van der Waals surface area (Å²) in [6.45, 7) is 0.311. The maximum atomic E-state index is 12.7. The Morgan fingerprint density at radius 2 is 2.21 bits per heavy atom. The van der Waals surface area contributed by atoms with Crippen molar-refractivity contribution < 1.29 is 18.3 Å². The third kappa shape index (κ3) is 4.19. The van der Waals surface area contributed by atoms with Crippen LogP contribution in [0.15, 0.2) is 16.8 Å². The average molecular weight is 293 g/mol. The quantitative estimate of drug-likeness (QED) is 0.890. The van der Waals surface area contributed by atoms with Crippen molar-refractivity contribution in [1.82, 2.24) is 5.32 Å². The number of aliphatic hydroxyl groups excluding tert-OH is 1. The summed E-state index contributed by atoms with van der Waals surface area (Å²) < 4.78 is 38.0. The van der Waals surface area contributed by atoms with Crippen LogP contribution in [0, 0.1) is 5.92 Å². The van der Waals surface area contributed by atoms with Gasteiger partial charge in [-0.2, -0.15) is 24.5 Å². The van der Waals surface area contributed by atoms with E-state index < -0.39 is 18.2 Å². The third-order valence-corrected chi connectivity index (χ3v) is 4.37. The molecule has 0 spiro atoms. The zero-order valence-electron chi connectivity index (χ0n) is 10.5. The Hall–Kier alpha value is -0.590. The van der Waals surface area contributed by atoms with E-state index in [-0.39, 0.29) is 18.9 Å². The number of aliphatic hydroxyl groups is 1. The molecule has 19 heavy (non-hydrogen) atoms. The van der Waals surface area contributed by atoms with E-state index in [1.165, 1.54) is 11.3 Å². The van der Waals surface area contributed by atoms with E-state index in [2.05, 4.69) is 5.32 Å². The molecule has 1 aliphatic carbocycles. The molecule has 1 heterocycles. The van der Waals surface area contributed by atoms with Crippen LogP contribution in [-0.2, 0) is 0 Å². The Balaban J connectivity index is 1.80. The molecule has 3 atom stereocenters. The van der Waals surface area contributed by atoms with Crippen LogP contribution in [0.4, 0.5) is 13.2 Å². The van der Waals surface area contributed by atoms with Crippen LogP contribution in [0.2, 0.25) is 0 Å². The molecule has 0 amide bonds. The molecule has 1 aromatic rings. The molecule has 2 nitrogen and oxygen atoms in total. The summed E-state index contributed by atoms with van der Waals surface area (Å²) in [6.07, 6.45) is -3.03. The molecule has 1 fully saturated rings. The Bertz CT molecular complexity index is 380. The fourth-order valence-corrected chi connectivity index (χ4v) is 3.24. The van der Waals surface area contributed by atoms with Crippen molar-refractivity contribution in [3.63, 3.8) is 0 Å². The lowest BCUT2D eigenvalue weighted by Crippen LogP contribution is -2.40. The lowest BCUT2D eigenvalue weighted by Gasteiger charge is -2.31. The molecule has 108 valence electrons. The normalized spacial score (nSPS) is 26.3. The largest absolute Gasteiger partial charge is 0.391 e. The molecule has 0 radical (unpaired) electrons. The van der Waals surface area contributed by atoms with Crippen LogP contribution < -0.4 is 5.32 Å². The summed E-state index contributed by atoms with van der Waals surface area (Å²) in [7, 11) is 0. The van der Waals surface area contributed by atoms with Gasteiger partial charge in [0.1, 0.15) is 0 Å². The topological polar surface area (TPSA) is 32.3 Å². The smallest absolute Gasteiger partial charge is 0.387 e.